The normalized spacial score (nSPS) is 23.5. The Bertz CT molecular complexity index is 410. The molecule has 1 aliphatic rings. The van der Waals surface area contributed by atoms with Gasteiger partial charge in [0.15, 0.2) is 0 Å². The lowest BCUT2D eigenvalue weighted by atomic mass is 10.0. The minimum atomic E-state index is 0.278. The number of rotatable bonds is 4. The van der Waals surface area contributed by atoms with Crippen molar-refractivity contribution in [3.05, 3.63) is 34.9 Å². The number of nitrogens with two attached hydrogens (primary N) is 1. The standard InChI is InChI=1S/C15H24ClN3/c1-3-18-7-8-19(11-12(18)2)15(10-17)13-5-4-6-14(16)9-13/h4-6,9,12,15H,3,7-8,10-11,17H2,1-2H3. The zero-order valence-corrected chi connectivity index (χ0v) is 12.6. The highest BCUT2D eigenvalue weighted by atomic mass is 35.5. The molecule has 0 bridgehead atoms. The van der Waals surface area contributed by atoms with Crippen molar-refractivity contribution < 1.29 is 0 Å². The number of piperazine rings is 1. The van der Waals surface area contributed by atoms with Crippen LogP contribution in [-0.2, 0) is 0 Å². The molecule has 0 aliphatic carbocycles. The van der Waals surface area contributed by atoms with Crippen LogP contribution >= 0.6 is 11.6 Å². The van der Waals surface area contributed by atoms with Gasteiger partial charge in [-0.15, -0.1) is 0 Å². The van der Waals surface area contributed by atoms with Crippen LogP contribution < -0.4 is 5.73 Å². The first-order valence-electron chi connectivity index (χ1n) is 7.09. The predicted octanol–water partition coefficient (Wildman–Crippen LogP) is 2.37. The maximum atomic E-state index is 6.09. The van der Waals surface area contributed by atoms with Crippen molar-refractivity contribution >= 4 is 11.6 Å². The van der Waals surface area contributed by atoms with Gasteiger partial charge in [-0.1, -0.05) is 30.7 Å². The van der Waals surface area contributed by atoms with Gasteiger partial charge in [0.1, 0.15) is 0 Å². The monoisotopic (exact) mass is 281 g/mol. The molecule has 19 heavy (non-hydrogen) atoms. The highest BCUT2D eigenvalue weighted by molar-refractivity contribution is 6.30. The molecule has 0 saturated carbocycles. The molecule has 1 aromatic carbocycles. The van der Waals surface area contributed by atoms with Gasteiger partial charge in [-0.25, -0.2) is 0 Å². The van der Waals surface area contributed by atoms with Crippen LogP contribution in [0.5, 0.6) is 0 Å². The van der Waals surface area contributed by atoms with E-state index in [-0.39, 0.29) is 6.04 Å². The second-order valence-corrected chi connectivity index (χ2v) is 5.72. The molecule has 106 valence electrons. The summed E-state index contributed by atoms with van der Waals surface area (Å²) in [6, 6.07) is 8.95. The number of nitrogens with zero attached hydrogens (tertiary/aromatic N) is 2. The van der Waals surface area contributed by atoms with E-state index in [2.05, 4.69) is 29.7 Å². The Morgan fingerprint density at radius 2 is 2.21 bits per heavy atom. The van der Waals surface area contributed by atoms with E-state index in [1.54, 1.807) is 0 Å². The van der Waals surface area contributed by atoms with E-state index in [9.17, 15) is 0 Å². The van der Waals surface area contributed by atoms with Gasteiger partial charge in [-0.05, 0) is 31.2 Å². The van der Waals surface area contributed by atoms with Crippen LogP contribution in [0, 0.1) is 0 Å². The van der Waals surface area contributed by atoms with Crippen LogP contribution in [0.3, 0.4) is 0 Å². The molecule has 1 aromatic rings. The molecule has 3 nitrogen and oxygen atoms in total. The van der Waals surface area contributed by atoms with Crippen LogP contribution in [0.15, 0.2) is 24.3 Å². The van der Waals surface area contributed by atoms with Crippen LogP contribution in [0.2, 0.25) is 5.02 Å². The van der Waals surface area contributed by atoms with Crippen molar-refractivity contribution in [1.82, 2.24) is 9.80 Å². The summed E-state index contributed by atoms with van der Waals surface area (Å²) in [6.07, 6.45) is 0. The average molecular weight is 282 g/mol. The molecule has 1 aliphatic heterocycles. The first kappa shape index (κ1) is 14.8. The van der Waals surface area contributed by atoms with Crippen LogP contribution in [0.4, 0.5) is 0 Å². The van der Waals surface area contributed by atoms with Gasteiger partial charge in [-0.3, -0.25) is 9.80 Å². The lowest BCUT2D eigenvalue weighted by Crippen LogP contribution is -2.53. The van der Waals surface area contributed by atoms with E-state index in [0.29, 0.717) is 12.6 Å². The third kappa shape index (κ3) is 3.48. The van der Waals surface area contributed by atoms with Gasteiger partial charge in [0, 0.05) is 43.3 Å². The lowest BCUT2D eigenvalue weighted by Gasteiger charge is -2.42. The summed E-state index contributed by atoms with van der Waals surface area (Å²) in [7, 11) is 0. The summed E-state index contributed by atoms with van der Waals surface area (Å²) in [5.41, 5.74) is 7.23. The summed E-state index contributed by atoms with van der Waals surface area (Å²) in [5.74, 6) is 0. The largest absolute Gasteiger partial charge is 0.329 e. The Morgan fingerprint density at radius 1 is 1.42 bits per heavy atom. The number of hydrogen-bond acceptors (Lipinski definition) is 3. The van der Waals surface area contributed by atoms with Gasteiger partial charge < -0.3 is 5.73 Å². The van der Waals surface area contributed by atoms with E-state index in [0.717, 1.165) is 31.2 Å². The molecule has 1 fully saturated rings. The van der Waals surface area contributed by atoms with Gasteiger partial charge in [0.25, 0.3) is 0 Å². The molecule has 2 rings (SSSR count). The third-order valence-electron chi connectivity index (χ3n) is 4.10. The molecule has 1 saturated heterocycles. The fourth-order valence-electron chi connectivity index (χ4n) is 2.99. The molecule has 2 N–H and O–H groups in total. The van der Waals surface area contributed by atoms with Crippen molar-refractivity contribution in [2.75, 3.05) is 32.7 Å². The fourth-order valence-corrected chi connectivity index (χ4v) is 3.18. The maximum absolute atomic E-state index is 6.09. The average Bonchev–Trinajstić information content (AvgIpc) is 2.40. The quantitative estimate of drug-likeness (QED) is 0.920. The number of likely N-dealkylation sites (N-methyl/N-ethyl adjacent to an activating group) is 1. The molecule has 0 spiro atoms. The van der Waals surface area contributed by atoms with Crippen molar-refractivity contribution in [2.24, 2.45) is 5.73 Å². The summed E-state index contributed by atoms with van der Waals surface area (Å²) in [5, 5.41) is 0.788. The number of hydrogen-bond donors (Lipinski definition) is 1. The Hall–Kier alpha value is -0.610. The second-order valence-electron chi connectivity index (χ2n) is 5.28. The lowest BCUT2D eigenvalue weighted by molar-refractivity contribution is 0.0607. The van der Waals surface area contributed by atoms with Crippen molar-refractivity contribution in [2.45, 2.75) is 25.9 Å². The van der Waals surface area contributed by atoms with E-state index in [1.807, 2.05) is 18.2 Å². The summed E-state index contributed by atoms with van der Waals surface area (Å²) in [6.45, 7) is 9.55. The van der Waals surface area contributed by atoms with E-state index in [1.165, 1.54) is 5.56 Å². The zero-order chi connectivity index (χ0) is 13.8. The number of halogens is 1. The maximum Gasteiger partial charge on any atom is 0.0472 e. The molecule has 2 atom stereocenters. The van der Waals surface area contributed by atoms with Crippen LogP contribution in [-0.4, -0.2) is 48.6 Å². The molecular formula is C15H24ClN3. The number of benzene rings is 1. The van der Waals surface area contributed by atoms with E-state index in [4.69, 9.17) is 17.3 Å². The molecule has 4 heteroatoms. The van der Waals surface area contributed by atoms with Gasteiger partial charge in [0.05, 0.1) is 0 Å². The smallest absolute Gasteiger partial charge is 0.0472 e. The molecular weight excluding hydrogens is 258 g/mol. The summed E-state index contributed by atoms with van der Waals surface area (Å²) < 4.78 is 0. The van der Waals surface area contributed by atoms with Crippen LogP contribution in [0.1, 0.15) is 25.5 Å². The first-order chi connectivity index (χ1) is 9.15. The first-order valence-corrected chi connectivity index (χ1v) is 7.47. The van der Waals surface area contributed by atoms with Crippen molar-refractivity contribution in [1.29, 1.82) is 0 Å². The van der Waals surface area contributed by atoms with Crippen molar-refractivity contribution in [3.8, 4) is 0 Å². The zero-order valence-electron chi connectivity index (χ0n) is 11.8. The van der Waals surface area contributed by atoms with Crippen molar-refractivity contribution in [3.63, 3.8) is 0 Å². The Labute approximate surface area is 121 Å². The van der Waals surface area contributed by atoms with Crippen LogP contribution in [0.25, 0.3) is 0 Å². The predicted molar refractivity (Wildman–Crippen MR) is 81.5 cm³/mol. The fraction of sp³-hybridized carbons (Fsp3) is 0.600. The Balaban J connectivity index is 2.10. The highest BCUT2D eigenvalue weighted by Crippen LogP contribution is 2.25. The molecule has 1 heterocycles. The third-order valence-corrected chi connectivity index (χ3v) is 4.34. The minimum Gasteiger partial charge on any atom is -0.329 e. The SMILES string of the molecule is CCN1CCN(C(CN)c2cccc(Cl)c2)CC1C. The Kier molecular flexibility index (Phi) is 5.22. The second kappa shape index (κ2) is 6.71. The highest BCUT2D eigenvalue weighted by Gasteiger charge is 2.27. The van der Waals surface area contributed by atoms with E-state index < -0.39 is 0 Å². The summed E-state index contributed by atoms with van der Waals surface area (Å²) >= 11 is 6.09. The van der Waals surface area contributed by atoms with Gasteiger partial charge in [-0.2, -0.15) is 0 Å². The summed E-state index contributed by atoms with van der Waals surface area (Å²) in [4.78, 5) is 5.00. The van der Waals surface area contributed by atoms with E-state index >= 15 is 0 Å². The molecule has 0 radical (unpaired) electrons. The van der Waals surface area contributed by atoms with Gasteiger partial charge >= 0.3 is 0 Å². The topological polar surface area (TPSA) is 32.5 Å². The Morgan fingerprint density at radius 3 is 2.79 bits per heavy atom. The molecule has 0 amide bonds. The van der Waals surface area contributed by atoms with Gasteiger partial charge in [0.2, 0.25) is 0 Å². The molecule has 2 unspecified atom stereocenters. The minimum absolute atomic E-state index is 0.278. The molecule has 0 aromatic heterocycles.